The smallest absolute Gasteiger partial charge is 0.193 e. The zero-order chi connectivity index (χ0) is 16.2. The van der Waals surface area contributed by atoms with Gasteiger partial charge in [0.2, 0.25) is 0 Å². The Balaban J connectivity index is 1.77. The number of aromatic nitrogens is 1. The third kappa shape index (κ3) is 3.48. The topological polar surface area (TPSA) is 63.3 Å². The highest BCUT2D eigenvalue weighted by Crippen LogP contribution is 2.17. The van der Waals surface area contributed by atoms with Gasteiger partial charge in [0.05, 0.1) is 12.2 Å². The molecule has 0 bridgehead atoms. The van der Waals surface area contributed by atoms with Gasteiger partial charge >= 0.3 is 0 Å². The van der Waals surface area contributed by atoms with Crippen LogP contribution in [0.4, 0.5) is 5.69 Å². The maximum absolute atomic E-state index is 6.00. The molecule has 0 spiro atoms. The number of fused-ring (bicyclic) bond motifs is 1. The second-order valence-corrected chi connectivity index (χ2v) is 5.60. The summed E-state index contributed by atoms with van der Waals surface area (Å²) < 4.78 is 0. The number of hydrogen-bond donors (Lipinski definition) is 2. The van der Waals surface area contributed by atoms with Crippen molar-refractivity contribution in [2.75, 3.05) is 5.32 Å². The van der Waals surface area contributed by atoms with E-state index in [0.717, 1.165) is 22.2 Å². The molecule has 116 valence electrons. The zero-order valence-corrected chi connectivity index (χ0v) is 13.4. The lowest BCUT2D eigenvalue weighted by molar-refractivity contribution is 1.00. The predicted octanol–water partition coefficient (Wildman–Crippen LogP) is 3.78. The third-order valence-corrected chi connectivity index (χ3v) is 3.93. The van der Waals surface area contributed by atoms with Crippen LogP contribution < -0.4 is 11.1 Å². The minimum absolute atomic E-state index is 0.392. The number of nitrogens with two attached hydrogens (primary N) is 1. The molecular formula is C19H20N4. The second-order valence-electron chi connectivity index (χ2n) is 5.60. The van der Waals surface area contributed by atoms with E-state index in [-0.39, 0.29) is 0 Å². The predicted molar refractivity (Wildman–Crippen MR) is 96.6 cm³/mol. The number of nitrogens with one attached hydrogen (secondary N) is 1. The Labute approximate surface area is 136 Å². The molecule has 1 heterocycles. The molecule has 0 fully saturated rings. The highest BCUT2D eigenvalue weighted by molar-refractivity contribution is 5.92. The van der Waals surface area contributed by atoms with Crippen LogP contribution >= 0.6 is 0 Å². The van der Waals surface area contributed by atoms with Crippen LogP contribution in [0.2, 0.25) is 0 Å². The van der Waals surface area contributed by atoms with Crippen LogP contribution in [0.25, 0.3) is 10.8 Å². The highest BCUT2D eigenvalue weighted by atomic mass is 15.1. The molecule has 0 aliphatic rings. The highest BCUT2D eigenvalue weighted by Gasteiger charge is 2.02. The molecule has 0 saturated heterocycles. The van der Waals surface area contributed by atoms with Crippen LogP contribution in [0, 0.1) is 13.8 Å². The van der Waals surface area contributed by atoms with E-state index < -0.39 is 0 Å². The van der Waals surface area contributed by atoms with E-state index in [9.17, 15) is 0 Å². The second kappa shape index (κ2) is 6.48. The van der Waals surface area contributed by atoms with E-state index in [0.29, 0.717) is 12.5 Å². The van der Waals surface area contributed by atoms with Crippen LogP contribution in [-0.2, 0) is 6.54 Å². The van der Waals surface area contributed by atoms with Crippen LogP contribution in [0.1, 0.15) is 16.8 Å². The van der Waals surface area contributed by atoms with Gasteiger partial charge in [0.25, 0.3) is 0 Å². The van der Waals surface area contributed by atoms with Crippen molar-refractivity contribution in [3.63, 3.8) is 0 Å². The molecule has 3 rings (SSSR count). The van der Waals surface area contributed by atoms with Crippen molar-refractivity contribution in [3.8, 4) is 0 Å². The van der Waals surface area contributed by atoms with Gasteiger partial charge in [0.1, 0.15) is 0 Å². The molecule has 1 aromatic heterocycles. The number of rotatable bonds is 3. The lowest BCUT2D eigenvalue weighted by atomic mass is 10.1. The normalized spacial score (nSPS) is 11.7. The summed E-state index contributed by atoms with van der Waals surface area (Å²) in [6.45, 7) is 4.61. The standard InChI is InChI=1S/C19H20N4/c1-13-7-8-16(11-14(13)2)23-19(20)22-12-18-17-6-4-3-5-15(17)9-10-21-18/h3-11H,12H2,1-2H3,(H3,20,22,23). The Bertz CT molecular complexity index is 863. The number of benzene rings is 2. The average molecular weight is 304 g/mol. The molecule has 4 nitrogen and oxygen atoms in total. The Morgan fingerprint density at radius 3 is 2.74 bits per heavy atom. The van der Waals surface area contributed by atoms with E-state index in [1.807, 2.05) is 24.3 Å². The first kappa shape index (κ1) is 15.0. The number of aliphatic imine (C=N–C) groups is 1. The van der Waals surface area contributed by atoms with Crippen molar-refractivity contribution in [1.29, 1.82) is 0 Å². The largest absolute Gasteiger partial charge is 0.370 e. The van der Waals surface area contributed by atoms with Crippen molar-refractivity contribution in [2.24, 2.45) is 10.7 Å². The molecule has 0 saturated carbocycles. The fourth-order valence-corrected chi connectivity index (χ4v) is 2.47. The van der Waals surface area contributed by atoms with Gasteiger partial charge < -0.3 is 11.1 Å². The molecular weight excluding hydrogens is 284 g/mol. The van der Waals surface area contributed by atoms with Gasteiger partial charge in [-0.2, -0.15) is 0 Å². The molecule has 23 heavy (non-hydrogen) atoms. The maximum Gasteiger partial charge on any atom is 0.193 e. The maximum atomic E-state index is 6.00. The molecule has 0 radical (unpaired) electrons. The van der Waals surface area contributed by atoms with Crippen LogP contribution in [0.3, 0.4) is 0 Å². The fourth-order valence-electron chi connectivity index (χ4n) is 2.47. The van der Waals surface area contributed by atoms with Crippen molar-refractivity contribution >= 4 is 22.4 Å². The van der Waals surface area contributed by atoms with Gasteiger partial charge in [-0.25, -0.2) is 4.99 Å². The van der Waals surface area contributed by atoms with E-state index in [1.165, 1.54) is 11.1 Å². The lowest BCUT2D eigenvalue weighted by Crippen LogP contribution is -2.22. The number of pyridine rings is 1. The van der Waals surface area contributed by atoms with E-state index in [2.05, 4.69) is 53.4 Å². The van der Waals surface area contributed by atoms with Crippen molar-refractivity contribution in [1.82, 2.24) is 4.98 Å². The molecule has 2 aromatic carbocycles. The summed E-state index contributed by atoms with van der Waals surface area (Å²) >= 11 is 0. The molecule has 3 aromatic rings. The van der Waals surface area contributed by atoms with E-state index in [1.54, 1.807) is 6.20 Å². The van der Waals surface area contributed by atoms with Crippen molar-refractivity contribution in [2.45, 2.75) is 20.4 Å². The molecule has 0 atom stereocenters. The van der Waals surface area contributed by atoms with Gasteiger partial charge in [0, 0.05) is 17.3 Å². The Hall–Kier alpha value is -2.88. The average Bonchev–Trinajstić information content (AvgIpc) is 2.56. The summed E-state index contributed by atoms with van der Waals surface area (Å²) in [6, 6.07) is 16.3. The molecule has 4 heteroatoms. The Morgan fingerprint density at radius 1 is 1.09 bits per heavy atom. The number of aryl methyl sites for hydroxylation is 2. The van der Waals surface area contributed by atoms with Gasteiger partial charge in [-0.15, -0.1) is 0 Å². The van der Waals surface area contributed by atoms with Crippen LogP contribution in [-0.4, -0.2) is 10.9 Å². The molecule has 0 aliphatic heterocycles. The summed E-state index contributed by atoms with van der Waals surface area (Å²) in [5.74, 6) is 0.392. The number of nitrogens with zero attached hydrogens (tertiary/aromatic N) is 2. The molecule has 0 amide bonds. The zero-order valence-electron chi connectivity index (χ0n) is 13.4. The lowest BCUT2D eigenvalue weighted by Gasteiger charge is -2.08. The van der Waals surface area contributed by atoms with E-state index >= 15 is 0 Å². The minimum Gasteiger partial charge on any atom is -0.370 e. The van der Waals surface area contributed by atoms with Gasteiger partial charge in [-0.05, 0) is 48.6 Å². The fraction of sp³-hybridized carbons (Fsp3) is 0.158. The molecule has 0 aliphatic carbocycles. The summed E-state index contributed by atoms with van der Waals surface area (Å²) in [7, 11) is 0. The summed E-state index contributed by atoms with van der Waals surface area (Å²) in [4.78, 5) is 8.83. The first-order valence-electron chi connectivity index (χ1n) is 7.60. The number of hydrogen-bond acceptors (Lipinski definition) is 2. The monoisotopic (exact) mass is 304 g/mol. The Morgan fingerprint density at radius 2 is 1.91 bits per heavy atom. The summed E-state index contributed by atoms with van der Waals surface area (Å²) in [5, 5.41) is 5.40. The first-order valence-corrected chi connectivity index (χ1v) is 7.60. The van der Waals surface area contributed by atoms with Crippen molar-refractivity contribution < 1.29 is 0 Å². The summed E-state index contributed by atoms with van der Waals surface area (Å²) in [5.41, 5.74) is 10.3. The number of anilines is 1. The SMILES string of the molecule is Cc1ccc(NC(N)=NCc2nccc3ccccc23)cc1C. The van der Waals surface area contributed by atoms with Crippen molar-refractivity contribution in [3.05, 3.63) is 71.5 Å². The van der Waals surface area contributed by atoms with Gasteiger partial charge in [0.15, 0.2) is 5.96 Å². The van der Waals surface area contributed by atoms with Gasteiger partial charge in [-0.3, -0.25) is 4.98 Å². The van der Waals surface area contributed by atoms with E-state index in [4.69, 9.17) is 5.73 Å². The Kier molecular flexibility index (Phi) is 4.24. The first-order chi connectivity index (χ1) is 11.1. The molecule has 3 N–H and O–H groups in total. The quantitative estimate of drug-likeness (QED) is 0.572. The van der Waals surface area contributed by atoms with Gasteiger partial charge in [-0.1, -0.05) is 30.3 Å². The third-order valence-electron chi connectivity index (χ3n) is 3.93. The summed E-state index contributed by atoms with van der Waals surface area (Å²) in [6.07, 6.45) is 1.81. The van der Waals surface area contributed by atoms with Crippen LogP contribution in [0.15, 0.2) is 59.7 Å². The number of guanidine groups is 1. The minimum atomic E-state index is 0.392. The molecule has 0 unspecified atom stereocenters. The van der Waals surface area contributed by atoms with Crippen LogP contribution in [0.5, 0.6) is 0 Å².